The maximum atomic E-state index is 6.22. The van der Waals surface area contributed by atoms with Gasteiger partial charge in [0.15, 0.2) is 0 Å². The van der Waals surface area contributed by atoms with E-state index in [-0.39, 0.29) is 0 Å². The second kappa shape index (κ2) is 5.48. The highest BCUT2D eigenvalue weighted by molar-refractivity contribution is 9.11. The Hall–Kier alpha value is -1.30. The maximum Gasteiger partial charge on any atom is 0.129 e. The van der Waals surface area contributed by atoms with Crippen LogP contribution in [0.2, 0.25) is 5.02 Å². The van der Waals surface area contributed by atoms with Gasteiger partial charge in [0.25, 0.3) is 0 Å². The van der Waals surface area contributed by atoms with Crippen LogP contribution >= 0.6 is 38.9 Å². The number of nitrogen functional groups attached to an aromatic ring is 1. The molecule has 2 aromatic heterocycles. The van der Waals surface area contributed by atoms with Crippen LogP contribution in [-0.2, 0) is 7.05 Å². The van der Waals surface area contributed by atoms with E-state index in [0.717, 1.165) is 25.5 Å². The highest BCUT2D eigenvalue weighted by Crippen LogP contribution is 2.41. The monoisotopic (exact) mass is 381 g/mol. The third kappa shape index (κ3) is 2.61. The number of hydrogen-bond donors (Lipinski definition) is 1. The molecule has 0 unspecified atom stereocenters. The third-order valence-corrected chi connectivity index (χ3v) is 5.71. The lowest BCUT2D eigenvalue weighted by atomic mass is 10.0. The van der Waals surface area contributed by atoms with Gasteiger partial charge < -0.3 is 5.73 Å². The Bertz CT molecular complexity index is 786. The fourth-order valence-electron chi connectivity index (χ4n) is 2.19. The number of rotatable bonds is 2. The van der Waals surface area contributed by atoms with E-state index in [1.807, 2.05) is 31.3 Å². The van der Waals surface area contributed by atoms with Crippen LogP contribution < -0.4 is 5.73 Å². The Balaban J connectivity index is 2.22. The number of nitrogens with zero attached hydrogens (tertiary/aromatic N) is 2. The zero-order valence-electron chi connectivity index (χ0n) is 11.5. The Morgan fingerprint density at radius 3 is 2.52 bits per heavy atom. The molecule has 6 heteroatoms. The molecule has 0 bridgehead atoms. The molecule has 0 atom stereocenters. The summed E-state index contributed by atoms with van der Waals surface area (Å²) in [7, 11) is 1.85. The van der Waals surface area contributed by atoms with Crippen LogP contribution in [0.3, 0.4) is 0 Å². The predicted molar refractivity (Wildman–Crippen MR) is 93.8 cm³/mol. The standard InChI is InChI=1S/C15H13BrClN3S/c1-8-7-11(21-14(8)16)13-12(15(18)20(2)19-13)9-3-5-10(17)6-4-9/h3-7H,18H2,1-2H3. The van der Waals surface area contributed by atoms with Crippen molar-refractivity contribution in [3.63, 3.8) is 0 Å². The summed E-state index contributed by atoms with van der Waals surface area (Å²) in [6, 6.07) is 9.78. The average molecular weight is 383 g/mol. The first kappa shape index (κ1) is 14.6. The molecule has 21 heavy (non-hydrogen) atoms. The molecule has 3 nitrogen and oxygen atoms in total. The van der Waals surface area contributed by atoms with E-state index < -0.39 is 0 Å². The van der Waals surface area contributed by atoms with Crippen LogP contribution in [-0.4, -0.2) is 9.78 Å². The fraction of sp³-hybridized carbons (Fsp3) is 0.133. The number of hydrogen-bond acceptors (Lipinski definition) is 3. The molecule has 0 radical (unpaired) electrons. The summed E-state index contributed by atoms with van der Waals surface area (Å²) in [5.41, 5.74) is 10.3. The first-order valence-corrected chi connectivity index (χ1v) is 8.31. The smallest absolute Gasteiger partial charge is 0.129 e. The van der Waals surface area contributed by atoms with Crippen molar-refractivity contribution in [2.45, 2.75) is 6.92 Å². The van der Waals surface area contributed by atoms with Crippen molar-refractivity contribution in [1.29, 1.82) is 0 Å². The quantitative estimate of drug-likeness (QED) is 0.668. The average Bonchev–Trinajstić information content (AvgIpc) is 2.93. The lowest BCUT2D eigenvalue weighted by molar-refractivity contribution is 0.783. The highest BCUT2D eigenvalue weighted by Gasteiger charge is 2.19. The van der Waals surface area contributed by atoms with Gasteiger partial charge in [0.1, 0.15) is 11.5 Å². The Labute approximate surface area is 140 Å². The molecule has 3 rings (SSSR count). The Morgan fingerprint density at radius 2 is 1.95 bits per heavy atom. The normalized spacial score (nSPS) is 11.0. The number of anilines is 1. The molecule has 0 aliphatic carbocycles. The van der Waals surface area contributed by atoms with Crippen molar-refractivity contribution >= 4 is 44.7 Å². The lowest BCUT2D eigenvalue weighted by Crippen LogP contribution is -1.97. The summed E-state index contributed by atoms with van der Waals surface area (Å²) in [4.78, 5) is 1.09. The van der Waals surface area contributed by atoms with Crippen LogP contribution in [0.25, 0.3) is 21.7 Å². The fourth-order valence-corrected chi connectivity index (χ4v) is 3.84. The minimum absolute atomic E-state index is 0.648. The molecule has 1 aromatic carbocycles. The van der Waals surface area contributed by atoms with Crippen molar-refractivity contribution in [1.82, 2.24) is 9.78 Å². The van der Waals surface area contributed by atoms with Gasteiger partial charge in [0.05, 0.1) is 14.2 Å². The van der Waals surface area contributed by atoms with Crippen LogP contribution in [0.4, 0.5) is 5.82 Å². The van der Waals surface area contributed by atoms with Gasteiger partial charge in [-0.1, -0.05) is 23.7 Å². The van der Waals surface area contributed by atoms with Gasteiger partial charge in [-0.2, -0.15) is 5.10 Å². The van der Waals surface area contributed by atoms with Crippen molar-refractivity contribution in [2.24, 2.45) is 7.05 Å². The van der Waals surface area contributed by atoms with E-state index in [4.69, 9.17) is 17.3 Å². The van der Waals surface area contributed by atoms with Gasteiger partial charge in [0.2, 0.25) is 0 Å². The second-order valence-electron chi connectivity index (χ2n) is 4.81. The van der Waals surface area contributed by atoms with Gasteiger partial charge in [-0.3, -0.25) is 4.68 Å². The van der Waals surface area contributed by atoms with E-state index in [2.05, 4.69) is 34.0 Å². The molecule has 0 amide bonds. The molecule has 2 N–H and O–H groups in total. The summed E-state index contributed by atoms with van der Waals surface area (Å²) < 4.78 is 2.83. The largest absolute Gasteiger partial charge is 0.383 e. The van der Waals surface area contributed by atoms with Crippen LogP contribution in [0, 0.1) is 6.92 Å². The number of halogens is 2. The molecule has 0 spiro atoms. The van der Waals surface area contributed by atoms with Gasteiger partial charge >= 0.3 is 0 Å². The molecule has 108 valence electrons. The predicted octanol–water partition coefficient (Wildman–Crippen LogP) is 5.12. The second-order valence-corrected chi connectivity index (χ2v) is 7.61. The van der Waals surface area contributed by atoms with E-state index in [1.165, 1.54) is 5.56 Å². The van der Waals surface area contributed by atoms with Crippen molar-refractivity contribution in [2.75, 3.05) is 5.73 Å². The lowest BCUT2D eigenvalue weighted by Gasteiger charge is -2.03. The number of nitrogens with two attached hydrogens (primary N) is 1. The molecule has 3 aromatic rings. The first-order valence-electron chi connectivity index (χ1n) is 6.32. The Morgan fingerprint density at radius 1 is 1.29 bits per heavy atom. The molecular formula is C15H13BrClN3S. The van der Waals surface area contributed by atoms with E-state index in [1.54, 1.807) is 16.0 Å². The van der Waals surface area contributed by atoms with Crippen LogP contribution in [0.5, 0.6) is 0 Å². The highest BCUT2D eigenvalue weighted by atomic mass is 79.9. The summed E-state index contributed by atoms with van der Waals surface area (Å²) in [6.07, 6.45) is 0. The van der Waals surface area contributed by atoms with Crippen molar-refractivity contribution in [3.8, 4) is 21.7 Å². The van der Waals surface area contributed by atoms with E-state index in [9.17, 15) is 0 Å². The summed E-state index contributed by atoms with van der Waals surface area (Å²) in [5.74, 6) is 0.648. The minimum atomic E-state index is 0.648. The number of aryl methyl sites for hydroxylation is 2. The SMILES string of the molecule is Cc1cc(-c2nn(C)c(N)c2-c2ccc(Cl)cc2)sc1Br. The molecule has 0 aliphatic heterocycles. The van der Waals surface area contributed by atoms with E-state index in [0.29, 0.717) is 10.8 Å². The number of aromatic nitrogens is 2. The maximum absolute atomic E-state index is 6.22. The summed E-state index contributed by atoms with van der Waals surface area (Å²) >= 11 is 11.2. The zero-order chi connectivity index (χ0) is 15.1. The molecule has 0 aliphatic rings. The topological polar surface area (TPSA) is 43.8 Å². The first-order chi connectivity index (χ1) is 9.97. The molecule has 0 fully saturated rings. The summed E-state index contributed by atoms with van der Waals surface area (Å²) in [5, 5.41) is 5.29. The Kier molecular flexibility index (Phi) is 3.82. The third-order valence-electron chi connectivity index (χ3n) is 3.32. The molecular weight excluding hydrogens is 370 g/mol. The van der Waals surface area contributed by atoms with Gasteiger partial charge in [-0.25, -0.2) is 0 Å². The van der Waals surface area contributed by atoms with Gasteiger partial charge in [-0.15, -0.1) is 11.3 Å². The minimum Gasteiger partial charge on any atom is -0.383 e. The zero-order valence-corrected chi connectivity index (χ0v) is 14.7. The number of benzene rings is 1. The molecule has 0 saturated heterocycles. The van der Waals surface area contributed by atoms with Crippen LogP contribution in [0.1, 0.15) is 5.56 Å². The van der Waals surface area contributed by atoms with Crippen LogP contribution in [0.15, 0.2) is 34.1 Å². The number of thiophene rings is 1. The van der Waals surface area contributed by atoms with E-state index >= 15 is 0 Å². The van der Waals surface area contributed by atoms with Gasteiger partial charge in [0, 0.05) is 12.1 Å². The molecule has 0 saturated carbocycles. The van der Waals surface area contributed by atoms with Crippen molar-refractivity contribution < 1.29 is 0 Å². The molecule has 2 heterocycles. The summed E-state index contributed by atoms with van der Waals surface area (Å²) in [6.45, 7) is 2.07. The van der Waals surface area contributed by atoms with Crippen molar-refractivity contribution in [3.05, 3.63) is 44.7 Å². The van der Waals surface area contributed by atoms with Gasteiger partial charge in [-0.05, 0) is 52.2 Å².